The van der Waals surface area contributed by atoms with Gasteiger partial charge in [0.2, 0.25) is 5.91 Å². The van der Waals surface area contributed by atoms with Crippen LogP contribution in [-0.2, 0) is 11.2 Å². The molecular weight excluding hydrogens is 258 g/mol. The maximum Gasteiger partial charge on any atom is 0.226 e. The number of benzene rings is 2. The minimum atomic E-state index is 0.256. The number of amides is 1. The highest BCUT2D eigenvalue weighted by molar-refractivity contribution is 5.79. The van der Waals surface area contributed by atoms with Crippen molar-refractivity contribution in [2.45, 2.75) is 19.8 Å². The first kappa shape index (κ1) is 13.9. The van der Waals surface area contributed by atoms with Gasteiger partial charge in [-0.25, -0.2) is 0 Å². The lowest BCUT2D eigenvalue weighted by Gasteiger charge is -2.16. The van der Waals surface area contributed by atoms with Gasteiger partial charge in [0.05, 0.1) is 6.42 Å². The van der Waals surface area contributed by atoms with E-state index in [1.807, 2.05) is 23.1 Å². The van der Waals surface area contributed by atoms with E-state index in [4.69, 9.17) is 0 Å². The Morgan fingerprint density at radius 1 is 1.05 bits per heavy atom. The van der Waals surface area contributed by atoms with Gasteiger partial charge in [0.15, 0.2) is 0 Å². The van der Waals surface area contributed by atoms with Gasteiger partial charge in [-0.05, 0) is 29.0 Å². The molecule has 108 valence electrons. The number of nitrogens with zero attached hydrogens (tertiary/aromatic N) is 1. The predicted octanol–water partition coefficient (Wildman–Crippen LogP) is 3.76. The summed E-state index contributed by atoms with van der Waals surface area (Å²) >= 11 is 0. The zero-order valence-corrected chi connectivity index (χ0v) is 12.5. The van der Waals surface area contributed by atoms with Crippen molar-refractivity contribution in [3.8, 4) is 11.1 Å². The van der Waals surface area contributed by atoms with Crippen LogP contribution in [0.1, 0.15) is 18.9 Å². The average Bonchev–Trinajstić information content (AvgIpc) is 2.96. The van der Waals surface area contributed by atoms with E-state index >= 15 is 0 Å². The van der Waals surface area contributed by atoms with Crippen LogP contribution in [0.2, 0.25) is 0 Å². The molecule has 2 aromatic carbocycles. The zero-order chi connectivity index (χ0) is 14.7. The van der Waals surface area contributed by atoms with Crippen molar-refractivity contribution in [1.82, 2.24) is 4.90 Å². The van der Waals surface area contributed by atoms with Gasteiger partial charge in [0.1, 0.15) is 0 Å². The Labute approximate surface area is 126 Å². The Balaban J connectivity index is 1.66. The van der Waals surface area contributed by atoms with Gasteiger partial charge in [-0.2, -0.15) is 0 Å². The molecule has 1 atom stereocenters. The molecule has 0 radical (unpaired) electrons. The molecule has 1 saturated heterocycles. The van der Waals surface area contributed by atoms with Gasteiger partial charge in [0.25, 0.3) is 0 Å². The molecule has 1 unspecified atom stereocenters. The predicted molar refractivity (Wildman–Crippen MR) is 85.9 cm³/mol. The molecule has 0 saturated carbocycles. The molecule has 2 heteroatoms. The molecule has 0 N–H and O–H groups in total. The summed E-state index contributed by atoms with van der Waals surface area (Å²) in [6.07, 6.45) is 1.65. The third-order valence-electron chi connectivity index (χ3n) is 4.19. The fourth-order valence-electron chi connectivity index (χ4n) is 2.89. The minimum absolute atomic E-state index is 0.256. The highest BCUT2D eigenvalue weighted by atomic mass is 16.2. The summed E-state index contributed by atoms with van der Waals surface area (Å²) in [6, 6.07) is 18.7. The Kier molecular flexibility index (Phi) is 4.05. The summed E-state index contributed by atoms with van der Waals surface area (Å²) in [4.78, 5) is 14.2. The van der Waals surface area contributed by atoms with E-state index < -0.39 is 0 Å². The average molecular weight is 279 g/mol. The van der Waals surface area contributed by atoms with E-state index in [1.54, 1.807) is 0 Å². The zero-order valence-electron chi connectivity index (χ0n) is 12.5. The first-order chi connectivity index (χ1) is 10.2. The fraction of sp³-hybridized carbons (Fsp3) is 0.316. The van der Waals surface area contributed by atoms with Crippen LogP contribution in [0.15, 0.2) is 54.6 Å². The maximum atomic E-state index is 12.2. The summed E-state index contributed by atoms with van der Waals surface area (Å²) in [6.45, 7) is 4.05. The van der Waals surface area contributed by atoms with Crippen LogP contribution in [0.4, 0.5) is 0 Å². The molecule has 2 aromatic rings. The van der Waals surface area contributed by atoms with Crippen LogP contribution >= 0.6 is 0 Å². The molecule has 1 heterocycles. The Morgan fingerprint density at radius 3 is 2.33 bits per heavy atom. The number of carbonyl (C=O) groups excluding carboxylic acids is 1. The van der Waals surface area contributed by atoms with E-state index in [2.05, 4.69) is 43.3 Å². The standard InChI is InChI=1S/C19H21NO/c1-15-11-12-20(14-15)19(21)13-16-7-9-18(10-8-16)17-5-3-2-4-6-17/h2-10,15H,11-14H2,1H3. The lowest BCUT2D eigenvalue weighted by atomic mass is 10.0. The number of hydrogen-bond acceptors (Lipinski definition) is 1. The van der Waals surface area contributed by atoms with Crippen LogP contribution in [-0.4, -0.2) is 23.9 Å². The van der Waals surface area contributed by atoms with E-state index in [-0.39, 0.29) is 5.91 Å². The van der Waals surface area contributed by atoms with Gasteiger partial charge >= 0.3 is 0 Å². The molecule has 3 rings (SSSR count). The van der Waals surface area contributed by atoms with Crippen LogP contribution in [0.3, 0.4) is 0 Å². The molecule has 2 nitrogen and oxygen atoms in total. The van der Waals surface area contributed by atoms with Gasteiger partial charge in [0, 0.05) is 13.1 Å². The molecule has 21 heavy (non-hydrogen) atoms. The Bertz CT molecular complexity index is 603. The first-order valence-electron chi connectivity index (χ1n) is 7.64. The molecule has 0 aromatic heterocycles. The summed E-state index contributed by atoms with van der Waals surface area (Å²) in [5, 5.41) is 0. The van der Waals surface area contributed by atoms with Crippen molar-refractivity contribution in [2.75, 3.05) is 13.1 Å². The van der Waals surface area contributed by atoms with Crippen LogP contribution in [0, 0.1) is 5.92 Å². The van der Waals surface area contributed by atoms with Gasteiger partial charge in [-0.3, -0.25) is 4.79 Å². The van der Waals surface area contributed by atoms with Crippen LogP contribution < -0.4 is 0 Å². The molecule has 1 fully saturated rings. The number of carbonyl (C=O) groups is 1. The number of hydrogen-bond donors (Lipinski definition) is 0. The van der Waals surface area contributed by atoms with Gasteiger partial charge < -0.3 is 4.90 Å². The maximum absolute atomic E-state index is 12.2. The quantitative estimate of drug-likeness (QED) is 0.837. The van der Waals surface area contributed by atoms with Crippen molar-refractivity contribution >= 4 is 5.91 Å². The second-order valence-corrected chi connectivity index (χ2v) is 5.97. The monoisotopic (exact) mass is 279 g/mol. The van der Waals surface area contributed by atoms with E-state index in [0.717, 1.165) is 25.1 Å². The molecular formula is C19H21NO. The van der Waals surface area contributed by atoms with Gasteiger partial charge in [-0.1, -0.05) is 61.5 Å². The SMILES string of the molecule is CC1CCN(C(=O)Cc2ccc(-c3ccccc3)cc2)C1. The van der Waals surface area contributed by atoms with E-state index in [1.165, 1.54) is 11.1 Å². The largest absolute Gasteiger partial charge is 0.342 e. The Morgan fingerprint density at radius 2 is 1.71 bits per heavy atom. The smallest absolute Gasteiger partial charge is 0.226 e. The van der Waals surface area contributed by atoms with E-state index in [0.29, 0.717) is 12.3 Å². The molecule has 0 bridgehead atoms. The summed E-state index contributed by atoms with van der Waals surface area (Å²) in [5.74, 6) is 0.904. The molecule has 0 spiro atoms. The van der Waals surface area contributed by atoms with Crippen molar-refractivity contribution in [1.29, 1.82) is 0 Å². The highest BCUT2D eigenvalue weighted by Gasteiger charge is 2.22. The van der Waals surface area contributed by atoms with Crippen molar-refractivity contribution in [2.24, 2.45) is 5.92 Å². The Hall–Kier alpha value is -2.09. The minimum Gasteiger partial charge on any atom is -0.342 e. The third kappa shape index (κ3) is 3.33. The first-order valence-corrected chi connectivity index (χ1v) is 7.64. The molecule has 0 aliphatic carbocycles. The topological polar surface area (TPSA) is 20.3 Å². The summed E-state index contributed by atoms with van der Waals surface area (Å²) < 4.78 is 0. The van der Waals surface area contributed by atoms with Crippen molar-refractivity contribution in [3.05, 3.63) is 60.2 Å². The molecule has 1 aliphatic rings. The van der Waals surface area contributed by atoms with Crippen LogP contribution in [0.5, 0.6) is 0 Å². The second kappa shape index (κ2) is 6.13. The summed E-state index contributed by atoms with van der Waals surface area (Å²) in [5.41, 5.74) is 3.50. The highest BCUT2D eigenvalue weighted by Crippen LogP contribution is 2.20. The lowest BCUT2D eigenvalue weighted by molar-refractivity contribution is -0.129. The third-order valence-corrected chi connectivity index (χ3v) is 4.19. The van der Waals surface area contributed by atoms with Gasteiger partial charge in [-0.15, -0.1) is 0 Å². The molecule has 1 aliphatic heterocycles. The number of likely N-dealkylation sites (tertiary alicyclic amines) is 1. The fourth-order valence-corrected chi connectivity index (χ4v) is 2.89. The summed E-state index contributed by atoms with van der Waals surface area (Å²) in [7, 11) is 0. The lowest BCUT2D eigenvalue weighted by Crippen LogP contribution is -2.29. The van der Waals surface area contributed by atoms with E-state index in [9.17, 15) is 4.79 Å². The second-order valence-electron chi connectivity index (χ2n) is 5.97. The van der Waals surface area contributed by atoms with Crippen molar-refractivity contribution < 1.29 is 4.79 Å². The molecule has 1 amide bonds. The van der Waals surface area contributed by atoms with Crippen LogP contribution in [0.25, 0.3) is 11.1 Å². The number of rotatable bonds is 3. The normalized spacial score (nSPS) is 18.0. The van der Waals surface area contributed by atoms with Crippen molar-refractivity contribution in [3.63, 3.8) is 0 Å².